The minimum atomic E-state index is -0.466. The number of hydrogen-bond donors (Lipinski definition) is 1. The first-order valence-electron chi connectivity index (χ1n) is 11.7. The predicted molar refractivity (Wildman–Crippen MR) is 142 cm³/mol. The van der Waals surface area contributed by atoms with Gasteiger partial charge in [0, 0.05) is 6.42 Å². The summed E-state index contributed by atoms with van der Waals surface area (Å²) in [5.74, 6) is 1.01. The lowest BCUT2D eigenvalue weighted by atomic mass is 10.1. The Morgan fingerprint density at radius 1 is 0.944 bits per heavy atom. The van der Waals surface area contributed by atoms with Crippen molar-refractivity contribution in [2.75, 3.05) is 24.8 Å². The van der Waals surface area contributed by atoms with Crippen molar-refractivity contribution in [2.45, 2.75) is 20.3 Å². The largest absolute Gasteiger partial charge is 0.493 e. The Labute approximate surface area is 218 Å². The fraction of sp³-hybridized carbons (Fsp3) is 0.214. The van der Waals surface area contributed by atoms with E-state index in [1.54, 1.807) is 42.5 Å². The Balaban J connectivity index is 1.44. The number of ether oxygens (including phenoxy) is 3. The number of hydrogen-bond acceptors (Lipinski definition) is 5. The Kier molecular flexibility index (Phi) is 8.28. The molecule has 0 bridgehead atoms. The molecular weight excluding hydrogens is 524 g/mol. The van der Waals surface area contributed by atoms with E-state index in [0.717, 1.165) is 5.75 Å². The third kappa shape index (κ3) is 6.07. The summed E-state index contributed by atoms with van der Waals surface area (Å²) in [5.41, 5.74) is 5.05. The molecule has 1 fully saturated rings. The summed E-state index contributed by atoms with van der Waals surface area (Å²) in [5, 5.41) is 1.24. The second-order valence-electron chi connectivity index (χ2n) is 8.10. The van der Waals surface area contributed by atoms with Gasteiger partial charge in [0.05, 0.1) is 30.0 Å². The highest BCUT2D eigenvalue weighted by Gasteiger charge is 2.34. The number of hydrazine groups is 1. The zero-order chi connectivity index (χ0) is 25.5. The number of nitrogens with one attached hydrogen (secondary N) is 1. The van der Waals surface area contributed by atoms with Crippen molar-refractivity contribution in [3.63, 3.8) is 0 Å². The Bertz CT molecular complexity index is 1260. The highest BCUT2D eigenvalue weighted by atomic mass is 79.9. The van der Waals surface area contributed by atoms with Crippen LogP contribution in [0.5, 0.6) is 17.2 Å². The molecule has 0 radical (unpaired) electrons. The van der Waals surface area contributed by atoms with E-state index < -0.39 is 11.8 Å². The molecule has 7 nitrogen and oxygen atoms in total. The first-order valence-corrected chi connectivity index (χ1v) is 12.5. The molecule has 1 N–H and O–H groups in total. The van der Waals surface area contributed by atoms with Gasteiger partial charge in [-0.25, -0.2) is 5.01 Å². The van der Waals surface area contributed by atoms with Crippen LogP contribution < -0.4 is 24.6 Å². The monoisotopic (exact) mass is 550 g/mol. The summed E-state index contributed by atoms with van der Waals surface area (Å²) in [4.78, 5) is 25.4. The van der Waals surface area contributed by atoms with Crippen LogP contribution in [0.15, 0.2) is 76.8 Å². The van der Waals surface area contributed by atoms with Crippen molar-refractivity contribution in [3.05, 3.63) is 87.9 Å². The zero-order valence-electron chi connectivity index (χ0n) is 20.1. The number of carbonyl (C=O) groups is 2. The molecule has 8 heteroatoms. The molecule has 3 aromatic rings. The van der Waals surface area contributed by atoms with E-state index in [2.05, 4.69) is 21.4 Å². The number of aryl methyl sites for hydroxylation is 1. The van der Waals surface area contributed by atoms with Gasteiger partial charge in [0.15, 0.2) is 11.5 Å². The summed E-state index contributed by atoms with van der Waals surface area (Å²) in [6, 6.07) is 20.4. The van der Waals surface area contributed by atoms with E-state index in [9.17, 15) is 9.59 Å². The van der Waals surface area contributed by atoms with E-state index in [4.69, 9.17) is 14.2 Å². The number of halogens is 1. The van der Waals surface area contributed by atoms with Crippen molar-refractivity contribution in [1.82, 2.24) is 5.43 Å². The quantitative estimate of drug-likeness (QED) is 0.206. The smallest absolute Gasteiger partial charge is 0.282 e. The third-order valence-electron chi connectivity index (χ3n) is 5.37. The molecule has 0 spiro atoms. The molecule has 4 rings (SSSR count). The SMILES string of the molecule is CCOc1cc(/C=C2\C(=O)NN(c3ccccc3)C2=O)cc(Br)c1OCCCOc1ccc(C)cc1. The van der Waals surface area contributed by atoms with Crippen LogP contribution in [0.2, 0.25) is 0 Å². The second-order valence-corrected chi connectivity index (χ2v) is 8.96. The number of rotatable bonds is 10. The number of para-hydroxylation sites is 1. The van der Waals surface area contributed by atoms with Crippen LogP contribution >= 0.6 is 15.9 Å². The van der Waals surface area contributed by atoms with Crippen molar-refractivity contribution in [3.8, 4) is 17.2 Å². The maximum Gasteiger partial charge on any atom is 0.282 e. The first-order chi connectivity index (χ1) is 17.5. The van der Waals surface area contributed by atoms with Gasteiger partial charge in [0.1, 0.15) is 11.3 Å². The highest BCUT2D eigenvalue weighted by Crippen LogP contribution is 2.38. The van der Waals surface area contributed by atoms with E-state index in [0.29, 0.717) is 53.5 Å². The molecule has 0 aromatic heterocycles. The molecular formula is C28H27BrN2O5. The van der Waals surface area contributed by atoms with E-state index >= 15 is 0 Å². The van der Waals surface area contributed by atoms with Crippen LogP contribution in [0.25, 0.3) is 6.08 Å². The Hall–Kier alpha value is -3.78. The van der Waals surface area contributed by atoms with Gasteiger partial charge in [-0.3, -0.25) is 15.0 Å². The standard InChI is InChI=1S/C28H27BrN2O5/c1-3-34-25-18-20(16-23-27(32)30-31(28(23)33)21-8-5-4-6-9-21)17-24(29)26(25)36-15-7-14-35-22-12-10-19(2)11-13-22/h4-6,8-13,16-18H,3,7,14-15H2,1-2H3,(H,30,32)/b23-16+. The van der Waals surface area contributed by atoms with Crippen molar-refractivity contribution < 1.29 is 23.8 Å². The maximum atomic E-state index is 12.9. The van der Waals surface area contributed by atoms with Gasteiger partial charge in [0.25, 0.3) is 11.8 Å². The first kappa shape index (κ1) is 25.3. The maximum absolute atomic E-state index is 12.9. The lowest BCUT2D eigenvalue weighted by molar-refractivity contribution is -0.117. The van der Waals surface area contributed by atoms with Crippen molar-refractivity contribution in [1.29, 1.82) is 0 Å². The van der Waals surface area contributed by atoms with Crippen LogP contribution in [-0.4, -0.2) is 31.6 Å². The number of amides is 2. The zero-order valence-corrected chi connectivity index (χ0v) is 21.7. The normalized spacial score (nSPS) is 14.2. The van der Waals surface area contributed by atoms with Gasteiger partial charge < -0.3 is 14.2 Å². The van der Waals surface area contributed by atoms with Gasteiger partial charge in [0.2, 0.25) is 0 Å². The minimum absolute atomic E-state index is 0.0372. The minimum Gasteiger partial charge on any atom is -0.493 e. The van der Waals surface area contributed by atoms with Gasteiger partial charge in [-0.2, -0.15) is 0 Å². The average molecular weight is 551 g/mol. The number of benzene rings is 3. The summed E-state index contributed by atoms with van der Waals surface area (Å²) in [6.45, 7) is 5.29. The molecule has 186 valence electrons. The molecule has 36 heavy (non-hydrogen) atoms. The van der Waals surface area contributed by atoms with Crippen LogP contribution in [0, 0.1) is 6.92 Å². The third-order valence-corrected chi connectivity index (χ3v) is 5.96. The van der Waals surface area contributed by atoms with Gasteiger partial charge in [-0.15, -0.1) is 0 Å². The number of anilines is 1. The van der Waals surface area contributed by atoms with Crippen LogP contribution in [0.3, 0.4) is 0 Å². The summed E-state index contributed by atoms with van der Waals surface area (Å²) in [7, 11) is 0. The Morgan fingerprint density at radius 2 is 1.67 bits per heavy atom. The topological polar surface area (TPSA) is 77.1 Å². The Morgan fingerprint density at radius 3 is 2.39 bits per heavy atom. The average Bonchev–Trinajstić information content (AvgIpc) is 3.15. The predicted octanol–water partition coefficient (Wildman–Crippen LogP) is 5.47. The fourth-order valence-corrected chi connectivity index (χ4v) is 4.19. The lowest BCUT2D eigenvalue weighted by Crippen LogP contribution is -2.35. The molecule has 1 heterocycles. The van der Waals surface area contributed by atoms with Crippen LogP contribution in [0.4, 0.5) is 5.69 Å². The van der Waals surface area contributed by atoms with Gasteiger partial charge in [-0.1, -0.05) is 35.9 Å². The number of nitrogens with zero attached hydrogens (tertiary/aromatic N) is 1. The van der Waals surface area contributed by atoms with Crippen LogP contribution in [0.1, 0.15) is 24.5 Å². The molecule has 2 amide bonds. The summed E-state index contributed by atoms with van der Waals surface area (Å²) in [6.07, 6.45) is 2.23. The summed E-state index contributed by atoms with van der Waals surface area (Å²) >= 11 is 3.55. The summed E-state index contributed by atoms with van der Waals surface area (Å²) < 4.78 is 18.2. The molecule has 0 aliphatic carbocycles. The molecule has 1 aliphatic rings. The van der Waals surface area contributed by atoms with Gasteiger partial charge in [-0.05, 0) is 77.8 Å². The van der Waals surface area contributed by atoms with Gasteiger partial charge >= 0.3 is 0 Å². The molecule has 0 saturated carbocycles. The highest BCUT2D eigenvalue weighted by molar-refractivity contribution is 9.10. The molecule has 1 aliphatic heterocycles. The second kappa shape index (κ2) is 11.8. The van der Waals surface area contributed by atoms with E-state index in [1.807, 2.05) is 44.2 Å². The molecule has 0 atom stereocenters. The lowest BCUT2D eigenvalue weighted by Gasteiger charge is -2.15. The van der Waals surface area contributed by atoms with E-state index in [1.165, 1.54) is 10.6 Å². The molecule has 3 aromatic carbocycles. The fourth-order valence-electron chi connectivity index (χ4n) is 3.61. The number of carbonyl (C=O) groups excluding carboxylic acids is 2. The van der Waals surface area contributed by atoms with Crippen molar-refractivity contribution in [2.24, 2.45) is 0 Å². The molecule has 1 saturated heterocycles. The molecule has 0 unspecified atom stereocenters. The van der Waals surface area contributed by atoms with Crippen molar-refractivity contribution >= 4 is 39.5 Å². The van der Waals surface area contributed by atoms with Crippen LogP contribution in [-0.2, 0) is 9.59 Å². The van der Waals surface area contributed by atoms with E-state index in [-0.39, 0.29) is 5.57 Å².